The van der Waals surface area contributed by atoms with Gasteiger partial charge in [-0.15, -0.1) is 0 Å². The minimum Gasteiger partial charge on any atom is -0.357 e. The maximum atomic E-state index is 12.0. The van der Waals surface area contributed by atoms with Crippen molar-refractivity contribution in [1.29, 1.82) is 0 Å². The summed E-state index contributed by atoms with van der Waals surface area (Å²) in [5, 5.41) is 5.91. The average molecular weight is 402 g/mol. The second-order valence-electron chi connectivity index (χ2n) is 9.06. The molecule has 2 aliphatic rings. The quantitative estimate of drug-likeness (QED) is 0.653. The van der Waals surface area contributed by atoms with Gasteiger partial charge in [-0.2, -0.15) is 0 Å². The van der Waals surface area contributed by atoms with E-state index in [1.165, 1.54) is 38.8 Å². The van der Waals surface area contributed by atoms with Crippen molar-refractivity contribution in [3.05, 3.63) is 23.9 Å². The van der Waals surface area contributed by atoms with Gasteiger partial charge in [0.25, 0.3) is 0 Å². The Kier molecular flexibility index (Phi) is 8.59. The number of carbonyl (C=O) groups is 1. The molecular weight excluding hydrogens is 362 g/mol. The van der Waals surface area contributed by atoms with Crippen LogP contribution in [0.25, 0.3) is 0 Å². The van der Waals surface area contributed by atoms with Crippen LogP contribution in [0.15, 0.2) is 18.3 Å². The lowest BCUT2D eigenvalue weighted by Gasteiger charge is -2.31. The first kappa shape index (κ1) is 21.9. The van der Waals surface area contributed by atoms with Crippen molar-refractivity contribution in [3.8, 4) is 0 Å². The minimum atomic E-state index is -0.0920. The van der Waals surface area contributed by atoms with E-state index in [9.17, 15) is 4.79 Å². The van der Waals surface area contributed by atoms with E-state index in [1.54, 1.807) is 0 Å². The van der Waals surface area contributed by atoms with Gasteiger partial charge in [0.1, 0.15) is 5.82 Å². The number of nitrogens with zero attached hydrogens (tertiary/aromatic N) is 3. The molecule has 1 unspecified atom stereocenters. The van der Waals surface area contributed by atoms with Crippen molar-refractivity contribution in [3.63, 3.8) is 0 Å². The van der Waals surface area contributed by atoms with Crippen LogP contribution in [0.1, 0.15) is 57.9 Å². The van der Waals surface area contributed by atoms with E-state index in [0.29, 0.717) is 6.54 Å². The Hall–Kier alpha value is -1.82. The highest BCUT2D eigenvalue weighted by Crippen LogP contribution is 2.21. The Bertz CT molecular complexity index is 612. The van der Waals surface area contributed by atoms with Crippen LogP contribution in [0.3, 0.4) is 0 Å². The topological polar surface area (TPSA) is 60.5 Å². The van der Waals surface area contributed by atoms with E-state index in [4.69, 9.17) is 0 Å². The summed E-state index contributed by atoms with van der Waals surface area (Å²) in [7, 11) is 0. The number of rotatable bonds is 8. The van der Waals surface area contributed by atoms with Gasteiger partial charge in [-0.3, -0.25) is 0 Å². The van der Waals surface area contributed by atoms with E-state index in [2.05, 4.69) is 51.4 Å². The molecule has 2 saturated heterocycles. The fourth-order valence-electron chi connectivity index (χ4n) is 4.34. The molecule has 6 nitrogen and oxygen atoms in total. The summed E-state index contributed by atoms with van der Waals surface area (Å²) >= 11 is 0. The molecule has 6 heteroatoms. The first-order valence-electron chi connectivity index (χ1n) is 11.5. The zero-order chi connectivity index (χ0) is 20.5. The number of piperidine rings is 2. The van der Waals surface area contributed by atoms with Crippen LogP contribution in [0.2, 0.25) is 0 Å². The van der Waals surface area contributed by atoms with Crippen LogP contribution in [-0.2, 0) is 6.54 Å². The van der Waals surface area contributed by atoms with Crippen LogP contribution in [0.5, 0.6) is 0 Å². The maximum absolute atomic E-state index is 12.0. The highest BCUT2D eigenvalue weighted by molar-refractivity contribution is 5.73. The van der Waals surface area contributed by atoms with Crippen molar-refractivity contribution < 1.29 is 4.79 Å². The van der Waals surface area contributed by atoms with E-state index < -0.39 is 0 Å². The molecule has 0 bridgehead atoms. The fraction of sp³-hybridized carbons (Fsp3) is 0.739. The van der Waals surface area contributed by atoms with Gasteiger partial charge in [-0.05, 0) is 75.1 Å². The molecule has 0 saturated carbocycles. The zero-order valence-corrected chi connectivity index (χ0v) is 18.3. The summed E-state index contributed by atoms with van der Waals surface area (Å²) < 4.78 is 0. The van der Waals surface area contributed by atoms with E-state index in [0.717, 1.165) is 62.2 Å². The number of nitrogens with one attached hydrogen (secondary N) is 2. The SMILES string of the molecule is CC1CCN(c2ccc(CNC(=O)NCCCCN3CCCC(C)C3)cn2)CC1. The van der Waals surface area contributed by atoms with Crippen LogP contribution in [-0.4, -0.2) is 55.2 Å². The highest BCUT2D eigenvalue weighted by atomic mass is 16.2. The smallest absolute Gasteiger partial charge is 0.315 e. The number of pyridine rings is 1. The number of urea groups is 1. The lowest BCUT2D eigenvalue weighted by Crippen LogP contribution is -2.37. The number of likely N-dealkylation sites (tertiary alicyclic amines) is 1. The molecule has 0 radical (unpaired) electrons. The van der Waals surface area contributed by atoms with Crippen LogP contribution in [0.4, 0.5) is 10.6 Å². The van der Waals surface area contributed by atoms with E-state index >= 15 is 0 Å². The van der Waals surface area contributed by atoms with Gasteiger partial charge in [0, 0.05) is 38.9 Å². The Morgan fingerprint density at radius 1 is 1.07 bits per heavy atom. The molecule has 2 amide bonds. The Balaban J connectivity index is 1.26. The summed E-state index contributed by atoms with van der Waals surface area (Å²) in [6.45, 7) is 11.7. The molecule has 2 fully saturated rings. The number of hydrogen-bond donors (Lipinski definition) is 2. The number of unbranched alkanes of at least 4 members (excludes halogenated alkanes) is 1. The minimum absolute atomic E-state index is 0.0920. The molecule has 2 aliphatic heterocycles. The highest BCUT2D eigenvalue weighted by Gasteiger charge is 2.17. The predicted molar refractivity (Wildman–Crippen MR) is 119 cm³/mol. The standard InChI is InChI=1S/C23H39N5O/c1-19-9-14-28(15-10-19)22-8-7-21(16-25-22)17-26-23(29)24-11-3-4-12-27-13-5-6-20(2)18-27/h7-8,16,19-20H,3-6,9-15,17-18H2,1-2H3,(H2,24,26,29). The van der Waals surface area contributed by atoms with Crippen LogP contribution in [0, 0.1) is 11.8 Å². The van der Waals surface area contributed by atoms with Crippen LogP contribution < -0.4 is 15.5 Å². The van der Waals surface area contributed by atoms with Crippen molar-refractivity contribution in [2.24, 2.45) is 11.8 Å². The van der Waals surface area contributed by atoms with Gasteiger partial charge >= 0.3 is 6.03 Å². The summed E-state index contributed by atoms with van der Waals surface area (Å²) in [6.07, 6.45) is 9.23. The molecule has 1 atom stereocenters. The number of amides is 2. The first-order valence-corrected chi connectivity index (χ1v) is 11.5. The van der Waals surface area contributed by atoms with Crippen molar-refractivity contribution in [2.45, 2.75) is 58.9 Å². The van der Waals surface area contributed by atoms with Gasteiger partial charge in [0.2, 0.25) is 0 Å². The van der Waals surface area contributed by atoms with Gasteiger partial charge in [-0.25, -0.2) is 9.78 Å². The summed E-state index contributed by atoms with van der Waals surface area (Å²) in [5.74, 6) is 2.70. The molecule has 0 spiro atoms. The number of hydrogen-bond acceptors (Lipinski definition) is 4. The molecular formula is C23H39N5O. The summed E-state index contributed by atoms with van der Waals surface area (Å²) in [6, 6.07) is 4.05. The second kappa shape index (κ2) is 11.4. The lowest BCUT2D eigenvalue weighted by atomic mass is 9.99. The Labute approximate surface area is 176 Å². The van der Waals surface area contributed by atoms with Gasteiger partial charge < -0.3 is 20.4 Å². The van der Waals surface area contributed by atoms with E-state index in [-0.39, 0.29) is 6.03 Å². The van der Waals surface area contributed by atoms with Crippen molar-refractivity contribution in [2.75, 3.05) is 44.2 Å². The van der Waals surface area contributed by atoms with Crippen molar-refractivity contribution in [1.82, 2.24) is 20.5 Å². The molecule has 3 rings (SSSR count). The molecule has 3 heterocycles. The second-order valence-corrected chi connectivity index (χ2v) is 9.06. The lowest BCUT2D eigenvalue weighted by molar-refractivity contribution is 0.181. The maximum Gasteiger partial charge on any atom is 0.315 e. The third-order valence-electron chi connectivity index (χ3n) is 6.30. The number of carbonyl (C=O) groups excluding carboxylic acids is 1. The number of anilines is 1. The monoisotopic (exact) mass is 401 g/mol. The first-order chi connectivity index (χ1) is 14.1. The molecule has 0 aliphatic carbocycles. The predicted octanol–water partition coefficient (Wildman–Crippen LogP) is 3.63. The molecule has 2 N–H and O–H groups in total. The van der Waals surface area contributed by atoms with Crippen molar-refractivity contribution >= 4 is 11.8 Å². The number of aromatic nitrogens is 1. The third kappa shape index (κ3) is 7.50. The summed E-state index contributed by atoms with van der Waals surface area (Å²) in [5.41, 5.74) is 1.04. The normalized spacial score (nSPS) is 21.2. The van der Waals surface area contributed by atoms with E-state index in [1.807, 2.05) is 6.20 Å². The molecule has 162 valence electrons. The molecule has 0 aromatic carbocycles. The molecule has 1 aromatic heterocycles. The Morgan fingerprint density at radius 3 is 2.62 bits per heavy atom. The molecule has 29 heavy (non-hydrogen) atoms. The average Bonchev–Trinajstić information content (AvgIpc) is 2.73. The van der Waals surface area contributed by atoms with Gasteiger partial charge in [-0.1, -0.05) is 19.9 Å². The van der Waals surface area contributed by atoms with Gasteiger partial charge in [0.05, 0.1) is 0 Å². The zero-order valence-electron chi connectivity index (χ0n) is 18.3. The third-order valence-corrected chi connectivity index (χ3v) is 6.30. The van der Waals surface area contributed by atoms with Crippen LogP contribution >= 0.6 is 0 Å². The summed E-state index contributed by atoms with van der Waals surface area (Å²) in [4.78, 5) is 21.5. The fourth-order valence-corrected chi connectivity index (χ4v) is 4.34. The largest absolute Gasteiger partial charge is 0.357 e. The van der Waals surface area contributed by atoms with Gasteiger partial charge in [0.15, 0.2) is 0 Å². The Morgan fingerprint density at radius 2 is 1.90 bits per heavy atom. The molecule has 1 aromatic rings.